The Kier molecular flexibility index (Phi) is 4.58. The van der Waals surface area contributed by atoms with E-state index in [1.807, 2.05) is 54.6 Å². The molecule has 8 heteroatoms. The number of amides is 2. The van der Waals surface area contributed by atoms with Crippen LogP contribution in [0.1, 0.15) is 11.1 Å². The molecule has 0 aromatic heterocycles. The van der Waals surface area contributed by atoms with E-state index in [2.05, 4.69) is 5.32 Å². The third-order valence-corrected chi connectivity index (χ3v) is 6.92. The maximum absolute atomic E-state index is 13.4. The van der Waals surface area contributed by atoms with E-state index in [0.717, 1.165) is 16.9 Å². The quantitative estimate of drug-likeness (QED) is 0.681. The van der Waals surface area contributed by atoms with Crippen molar-refractivity contribution in [3.05, 3.63) is 65.7 Å². The van der Waals surface area contributed by atoms with E-state index in [4.69, 9.17) is 18.9 Å². The zero-order chi connectivity index (χ0) is 22.6. The minimum Gasteiger partial charge on any atom is -0.497 e. The molecule has 4 aliphatic heterocycles. The van der Waals surface area contributed by atoms with E-state index in [-0.39, 0.29) is 24.7 Å². The second kappa shape index (κ2) is 7.52. The Hall–Kier alpha value is -3.52. The molecule has 0 saturated carbocycles. The first-order valence-corrected chi connectivity index (χ1v) is 11.0. The van der Waals surface area contributed by atoms with Gasteiger partial charge in [0, 0.05) is 13.1 Å². The van der Waals surface area contributed by atoms with Gasteiger partial charge in [-0.2, -0.15) is 0 Å². The summed E-state index contributed by atoms with van der Waals surface area (Å²) in [7, 11) is 1.61. The molecule has 170 valence electrons. The van der Waals surface area contributed by atoms with Crippen LogP contribution in [0.15, 0.2) is 54.6 Å². The number of methoxy groups -OCH3 is 1. The van der Waals surface area contributed by atoms with Crippen molar-refractivity contribution in [1.82, 2.24) is 10.2 Å². The fraction of sp³-hybridized carbons (Fsp3) is 0.360. The van der Waals surface area contributed by atoms with Gasteiger partial charge in [0.15, 0.2) is 11.5 Å². The summed E-state index contributed by atoms with van der Waals surface area (Å²) >= 11 is 0. The molecule has 0 aliphatic carbocycles. The molecule has 2 fully saturated rings. The molecule has 1 N–H and O–H groups in total. The number of rotatable bonds is 6. The molecule has 2 amide bonds. The number of hydrogen-bond donors (Lipinski definition) is 1. The van der Waals surface area contributed by atoms with Crippen molar-refractivity contribution in [2.24, 2.45) is 11.8 Å². The van der Waals surface area contributed by atoms with Gasteiger partial charge in [0.2, 0.25) is 18.6 Å². The Bertz CT molecular complexity index is 1150. The molecule has 4 unspecified atom stereocenters. The Morgan fingerprint density at radius 3 is 2.76 bits per heavy atom. The third kappa shape index (κ3) is 3.24. The summed E-state index contributed by atoms with van der Waals surface area (Å²) in [6.07, 6.45) is 3.51. The summed E-state index contributed by atoms with van der Waals surface area (Å²) in [5.74, 6) is 0.887. The van der Waals surface area contributed by atoms with Crippen LogP contribution < -0.4 is 19.5 Å². The van der Waals surface area contributed by atoms with Gasteiger partial charge in [-0.25, -0.2) is 0 Å². The summed E-state index contributed by atoms with van der Waals surface area (Å²) in [4.78, 5) is 28.4. The Balaban J connectivity index is 1.16. The molecule has 4 atom stereocenters. The minimum atomic E-state index is -0.736. The fourth-order valence-corrected chi connectivity index (χ4v) is 5.32. The number of nitrogens with one attached hydrogen (secondary N) is 1. The molecule has 2 bridgehead atoms. The van der Waals surface area contributed by atoms with Gasteiger partial charge in [-0.05, 0) is 35.4 Å². The minimum absolute atomic E-state index is 0.0517. The van der Waals surface area contributed by atoms with Crippen LogP contribution in [0.5, 0.6) is 17.2 Å². The molecular weight excluding hydrogens is 424 g/mol. The van der Waals surface area contributed by atoms with Gasteiger partial charge in [-0.3, -0.25) is 9.59 Å². The molecule has 2 aromatic carbocycles. The van der Waals surface area contributed by atoms with Crippen LogP contribution in [-0.4, -0.2) is 48.9 Å². The number of likely N-dealkylation sites (tertiary alicyclic amines) is 1. The fourth-order valence-electron chi connectivity index (χ4n) is 5.32. The zero-order valence-corrected chi connectivity index (χ0v) is 18.2. The summed E-state index contributed by atoms with van der Waals surface area (Å²) < 4.78 is 22.2. The number of hydrogen-bond acceptors (Lipinski definition) is 6. The second-order valence-corrected chi connectivity index (χ2v) is 8.85. The highest BCUT2D eigenvalue weighted by Crippen LogP contribution is 2.52. The number of benzene rings is 2. The second-order valence-electron chi connectivity index (χ2n) is 8.85. The maximum Gasteiger partial charge on any atom is 0.231 e. The highest BCUT2D eigenvalue weighted by atomic mass is 16.7. The van der Waals surface area contributed by atoms with Crippen LogP contribution in [0.4, 0.5) is 0 Å². The number of nitrogens with zero attached hydrogens (tertiary/aromatic N) is 1. The van der Waals surface area contributed by atoms with E-state index in [1.54, 1.807) is 12.0 Å². The van der Waals surface area contributed by atoms with Gasteiger partial charge in [0.1, 0.15) is 11.4 Å². The van der Waals surface area contributed by atoms with Crippen molar-refractivity contribution < 1.29 is 28.5 Å². The van der Waals surface area contributed by atoms with Gasteiger partial charge in [-0.1, -0.05) is 30.4 Å². The predicted octanol–water partition coefficient (Wildman–Crippen LogP) is 2.02. The molecule has 4 heterocycles. The summed E-state index contributed by atoms with van der Waals surface area (Å²) in [6, 6.07) is 13.2. The topological polar surface area (TPSA) is 86.3 Å². The zero-order valence-electron chi connectivity index (χ0n) is 18.2. The molecule has 0 radical (unpaired) electrons. The van der Waals surface area contributed by atoms with Crippen LogP contribution >= 0.6 is 0 Å². The third-order valence-electron chi connectivity index (χ3n) is 6.92. The van der Waals surface area contributed by atoms with E-state index in [0.29, 0.717) is 31.1 Å². The first kappa shape index (κ1) is 20.1. The van der Waals surface area contributed by atoms with Crippen LogP contribution in [0.3, 0.4) is 0 Å². The van der Waals surface area contributed by atoms with Crippen molar-refractivity contribution in [2.75, 3.05) is 20.4 Å². The highest BCUT2D eigenvalue weighted by molar-refractivity contribution is 5.93. The Morgan fingerprint density at radius 2 is 1.94 bits per heavy atom. The van der Waals surface area contributed by atoms with Crippen LogP contribution in [0.2, 0.25) is 0 Å². The standard InChI is InChI=1S/C25H24N2O6/c1-30-17-5-2-15(3-6-17)11-26-23(28)21-19-8-9-25(33-19)13-27(24(29)22(21)25)12-16-4-7-18-20(10-16)32-14-31-18/h2-10,19,21-22H,11-14H2,1H3,(H,26,28). The van der Waals surface area contributed by atoms with E-state index in [1.165, 1.54) is 0 Å². The lowest BCUT2D eigenvalue weighted by Gasteiger charge is -2.23. The van der Waals surface area contributed by atoms with Crippen molar-refractivity contribution in [3.63, 3.8) is 0 Å². The normalized spacial score (nSPS) is 28.3. The monoisotopic (exact) mass is 448 g/mol. The summed E-state index contributed by atoms with van der Waals surface area (Å²) in [5.41, 5.74) is 1.17. The van der Waals surface area contributed by atoms with Crippen LogP contribution in [0, 0.1) is 11.8 Å². The number of ether oxygens (including phenoxy) is 4. The van der Waals surface area contributed by atoms with Gasteiger partial charge in [0.25, 0.3) is 0 Å². The predicted molar refractivity (Wildman–Crippen MR) is 117 cm³/mol. The number of fused-ring (bicyclic) bond motifs is 2. The molecule has 6 rings (SSSR count). The van der Waals surface area contributed by atoms with Crippen LogP contribution in [0.25, 0.3) is 0 Å². The lowest BCUT2D eigenvalue weighted by atomic mass is 9.77. The first-order valence-electron chi connectivity index (χ1n) is 11.0. The number of carbonyl (C=O) groups is 2. The van der Waals surface area contributed by atoms with E-state index < -0.39 is 17.4 Å². The van der Waals surface area contributed by atoms with Crippen molar-refractivity contribution >= 4 is 11.8 Å². The Labute approximate surface area is 191 Å². The Morgan fingerprint density at radius 1 is 1.15 bits per heavy atom. The van der Waals surface area contributed by atoms with Crippen molar-refractivity contribution in [1.29, 1.82) is 0 Å². The summed E-state index contributed by atoms with van der Waals surface area (Å²) in [6.45, 7) is 1.44. The molecule has 1 spiro atoms. The van der Waals surface area contributed by atoms with Crippen molar-refractivity contribution in [2.45, 2.75) is 24.8 Å². The largest absolute Gasteiger partial charge is 0.497 e. The highest BCUT2D eigenvalue weighted by Gasteiger charge is 2.66. The SMILES string of the molecule is COc1ccc(CNC(=O)C2C3C=CC4(CN(Cc5ccc6c(c5)OCO6)C(=O)C24)O3)cc1. The maximum atomic E-state index is 13.4. The molecule has 8 nitrogen and oxygen atoms in total. The molecule has 33 heavy (non-hydrogen) atoms. The van der Waals surface area contributed by atoms with Gasteiger partial charge < -0.3 is 29.2 Å². The lowest BCUT2D eigenvalue weighted by Crippen LogP contribution is -2.43. The average molecular weight is 448 g/mol. The average Bonchev–Trinajstić information content (AvgIpc) is 3.59. The lowest BCUT2D eigenvalue weighted by molar-refractivity contribution is -0.137. The van der Waals surface area contributed by atoms with Crippen LogP contribution in [-0.2, 0) is 27.4 Å². The van der Waals surface area contributed by atoms with Gasteiger partial charge in [0.05, 0.1) is 31.6 Å². The van der Waals surface area contributed by atoms with Crippen molar-refractivity contribution in [3.8, 4) is 17.2 Å². The molecule has 2 saturated heterocycles. The van der Waals surface area contributed by atoms with E-state index >= 15 is 0 Å². The molecular formula is C25H24N2O6. The van der Waals surface area contributed by atoms with Gasteiger partial charge in [-0.15, -0.1) is 0 Å². The molecule has 2 aromatic rings. The number of carbonyl (C=O) groups excluding carboxylic acids is 2. The first-order chi connectivity index (χ1) is 16.1. The summed E-state index contributed by atoms with van der Waals surface area (Å²) in [5, 5.41) is 2.99. The van der Waals surface area contributed by atoms with E-state index in [9.17, 15) is 9.59 Å². The molecule has 4 aliphatic rings. The smallest absolute Gasteiger partial charge is 0.231 e. The van der Waals surface area contributed by atoms with Gasteiger partial charge >= 0.3 is 0 Å².